The highest BCUT2D eigenvalue weighted by atomic mass is 35.5. The maximum atomic E-state index is 13.5. The van der Waals surface area contributed by atoms with Crippen LogP contribution in [0.1, 0.15) is 41.9 Å². The normalized spacial score (nSPS) is 19.6. The van der Waals surface area contributed by atoms with Crippen molar-refractivity contribution in [1.82, 2.24) is 0 Å². The van der Waals surface area contributed by atoms with Gasteiger partial charge >= 0.3 is 0 Å². The summed E-state index contributed by atoms with van der Waals surface area (Å²) in [5, 5.41) is 22.0. The standard InChI is InChI=1S/C29H24Cl2N2O2/c1-17-14-15-19(16-22(17)31)33-23-12-7-13-24(34)26(23)25(20-10-5-6-11-21(20)30)27(29(33)32)28(35)18-8-3-2-4-9-18/h2-6,8-11,14-16,25,32,35H,7,12-13H2,1H3/b28-27+,32-29?/t25-/m0/s1. The van der Waals surface area contributed by atoms with Crippen molar-refractivity contribution in [3.63, 3.8) is 0 Å². The minimum absolute atomic E-state index is 0.00485. The Labute approximate surface area is 214 Å². The van der Waals surface area contributed by atoms with Crippen LogP contribution >= 0.6 is 23.2 Å². The molecule has 0 bridgehead atoms. The molecule has 2 N–H and O–H groups in total. The topological polar surface area (TPSA) is 64.4 Å². The van der Waals surface area contributed by atoms with E-state index in [1.54, 1.807) is 23.1 Å². The van der Waals surface area contributed by atoms with Gasteiger partial charge in [0, 0.05) is 50.5 Å². The van der Waals surface area contributed by atoms with Gasteiger partial charge in [0.1, 0.15) is 11.6 Å². The van der Waals surface area contributed by atoms with E-state index in [4.69, 9.17) is 23.2 Å². The summed E-state index contributed by atoms with van der Waals surface area (Å²) in [5.74, 6) is -0.597. The van der Waals surface area contributed by atoms with Crippen molar-refractivity contribution in [3.05, 3.63) is 116 Å². The second kappa shape index (κ2) is 9.37. The summed E-state index contributed by atoms with van der Waals surface area (Å²) >= 11 is 13.1. The van der Waals surface area contributed by atoms with Crippen LogP contribution in [-0.4, -0.2) is 16.7 Å². The molecule has 0 unspecified atom stereocenters. The maximum absolute atomic E-state index is 13.5. The van der Waals surface area contributed by atoms with Gasteiger partial charge in [0.15, 0.2) is 5.78 Å². The number of Topliss-reactive ketones (excluding diaryl/α,β-unsaturated/α-hetero) is 1. The van der Waals surface area contributed by atoms with E-state index in [1.165, 1.54) is 0 Å². The number of carbonyl (C=O) groups is 1. The van der Waals surface area contributed by atoms with Crippen LogP contribution in [0.3, 0.4) is 0 Å². The monoisotopic (exact) mass is 502 g/mol. The Morgan fingerprint density at radius 1 is 0.971 bits per heavy atom. The van der Waals surface area contributed by atoms with Crippen LogP contribution in [-0.2, 0) is 4.79 Å². The number of hydrogen-bond donors (Lipinski definition) is 2. The molecule has 0 radical (unpaired) electrons. The molecule has 35 heavy (non-hydrogen) atoms. The van der Waals surface area contributed by atoms with Crippen LogP contribution in [0.5, 0.6) is 0 Å². The molecule has 1 heterocycles. The number of nitrogens with zero attached hydrogens (tertiary/aromatic N) is 1. The molecule has 0 saturated carbocycles. The number of hydrogen-bond acceptors (Lipinski definition) is 3. The summed E-state index contributed by atoms with van der Waals surface area (Å²) in [5.41, 5.74) is 4.55. The summed E-state index contributed by atoms with van der Waals surface area (Å²) in [4.78, 5) is 15.3. The first-order chi connectivity index (χ1) is 16.9. The molecule has 0 amide bonds. The van der Waals surface area contributed by atoms with Crippen molar-refractivity contribution in [3.8, 4) is 0 Å². The van der Waals surface area contributed by atoms with Crippen LogP contribution in [0.15, 0.2) is 89.6 Å². The smallest absolute Gasteiger partial charge is 0.161 e. The van der Waals surface area contributed by atoms with Crippen molar-refractivity contribution >= 4 is 46.3 Å². The minimum atomic E-state index is -0.656. The largest absolute Gasteiger partial charge is 0.507 e. The van der Waals surface area contributed by atoms with Crippen molar-refractivity contribution in [2.75, 3.05) is 4.90 Å². The third-order valence-corrected chi connectivity index (χ3v) is 7.44. The first kappa shape index (κ1) is 23.4. The zero-order chi connectivity index (χ0) is 24.7. The van der Waals surface area contributed by atoms with Crippen LogP contribution < -0.4 is 4.90 Å². The fourth-order valence-corrected chi connectivity index (χ4v) is 5.39. The summed E-state index contributed by atoms with van der Waals surface area (Å²) in [6, 6.07) is 22.0. The zero-order valence-corrected chi connectivity index (χ0v) is 20.7. The van der Waals surface area contributed by atoms with E-state index >= 15 is 0 Å². The van der Waals surface area contributed by atoms with Gasteiger partial charge in [0.2, 0.25) is 0 Å². The number of allylic oxidation sites excluding steroid dienone is 2. The summed E-state index contributed by atoms with van der Waals surface area (Å²) < 4.78 is 0. The van der Waals surface area contributed by atoms with E-state index in [0.29, 0.717) is 57.3 Å². The molecule has 4 nitrogen and oxygen atoms in total. The van der Waals surface area contributed by atoms with Gasteiger partial charge in [-0.1, -0.05) is 77.8 Å². The van der Waals surface area contributed by atoms with Gasteiger partial charge in [-0.15, -0.1) is 0 Å². The van der Waals surface area contributed by atoms with Gasteiger partial charge in [-0.05, 0) is 49.1 Å². The first-order valence-corrected chi connectivity index (χ1v) is 12.3. The third kappa shape index (κ3) is 4.07. The molecule has 6 heteroatoms. The first-order valence-electron chi connectivity index (χ1n) is 11.5. The molecule has 1 atom stereocenters. The average molecular weight is 503 g/mol. The fraction of sp³-hybridized carbons (Fsp3) is 0.172. The molecule has 5 rings (SSSR count). The highest BCUT2D eigenvalue weighted by molar-refractivity contribution is 6.32. The van der Waals surface area contributed by atoms with Crippen molar-refractivity contribution in [2.24, 2.45) is 0 Å². The number of aryl methyl sites for hydroxylation is 1. The predicted octanol–water partition coefficient (Wildman–Crippen LogP) is 7.86. The molecule has 0 spiro atoms. The van der Waals surface area contributed by atoms with Gasteiger partial charge in [0.25, 0.3) is 0 Å². The quantitative estimate of drug-likeness (QED) is 0.358. The Morgan fingerprint density at radius 2 is 1.69 bits per heavy atom. The van der Waals surface area contributed by atoms with Gasteiger partial charge in [-0.2, -0.15) is 0 Å². The number of ketones is 1. The number of aliphatic hydroxyl groups excluding tert-OH is 1. The number of rotatable bonds is 3. The van der Waals surface area contributed by atoms with Crippen LogP contribution in [0.4, 0.5) is 5.69 Å². The lowest BCUT2D eigenvalue weighted by Crippen LogP contribution is -2.42. The maximum Gasteiger partial charge on any atom is 0.161 e. The second-order valence-corrected chi connectivity index (χ2v) is 9.65. The summed E-state index contributed by atoms with van der Waals surface area (Å²) in [6.45, 7) is 1.92. The van der Waals surface area contributed by atoms with E-state index < -0.39 is 5.92 Å². The Balaban J connectivity index is 1.85. The Hall–Kier alpha value is -3.34. The Morgan fingerprint density at radius 3 is 2.40 bits per heavy atom. The molecule has 3 aromatic carbocycles. The number of anilines is 1. The SMILES string of the molecule is Cc1ccc(N2C(=N)/C(=C(/O)c3ccccc3)[C@@H](c3ccccc3Cl)C3=C2CCCC3=O)cc1Cl. The predicted molar refractivity (Wildman–Crippen MR) is 142 cm³/mol. The molecular formula is C29H24Cl2N2O2. The average Bonchev–Trinajstić information content (AvgIpc) is 2.86. The lowest BCUT2D eigenvalue weighted by molar-refractivity contribution is -0.116. The van der Waals surface area contributed by atoms with Gasteiger partial charge in [0.05, 0.1) is 0 Å². The number of benzene rings is 3. The molecule has 3 aromatic rings. The summed E-state index contributed by atoms with van der Waals surface area (Å²) in [7, 11) is 0. The molecule has 0 fully saturated rings. The molecule has 0 saturated heterocycles. The van der Waals surface area contributed by atoms with E-state index in [0.717, 1.165) is 11.3 Å². The number of nitrogens with one attached hydrogen (secondary N) is 1. The Kier molecular flexibility index (Phi) is 6.26. The molecular weight excluding hydrogens is 479 g/mol. The fourth-order valence-electron chi connectivity index (χ4n) is 4.97. The number of amidine groups is 1. The highest BCUT2D eigenvalue weighted by Gasteiger charge is 2.43. The van der Waals surface area contributed by atoms with E-state index in [-0.39, 0.29) is 17.4 Å². The molecule has 1 aliphatic carbocycles. The molecule has 0 aromatic heterocycles. The lowest BCUT2D eigenvalue weighted by atomic mass is 9.73. The zero-order valence-electron chi connectivity index (χ0n) is 19.2. The van der Waals surface area contributed by atoms with Gasteiger partial charge in [-0.3, -0.25) is 15.1 Å². The summed E-state index contributed by atoms with van der Waals surface area (Å²) in [6.07, 6.45) is 1.74. The van der Waals surface area contributed by atoms with Crippen LogP contribution in [0.2, 0.25) is 10.0 Å². The van der Waals surface area contributed by atoms with Crippen molar-refractivity contribution < 1.29 is 9.90 Å². The highest BCUT2D eigenvalue weighted by Crippen LogP contribution is 2.49. The second-order valence-electron chi connectivity index (χ2n) is 8.84. The number of carbonyl (C=O) groups excluding carboxylic acids is 1. The molecule has 2 aliphatic rings. The van der Waals surface area contributed by atoms with Crippen molar-refractivity contribution in [1.29, 1.82) is 5.41 Å². The van der Waals surface area contributed by atoms with Gasteiger partial charge in [-0.25, -0.2) is 0 Å². The lowest BCUT2D eigenvalue weighted by Gasteiger charge is -2.42. The van der Waals surface area contributed by atoms with E-state index in [1.807, 2.05) is 61.5 Å². The molecule has 1 aliphatic heterocycles. The minimum Gasteiger partial charge on any atom is -0.507 e. The van der Waals surface area contributed by atoms with Crippen molar-refractivity contribution in [2.45, 2.75) is 32.1 Å². The van der Waals surface area contributed by atoms with Crippen LogP contribution in [0.25, 0.3) is 5.76 Å². The third-order valence-electron chi connectivity index (χ3n) is 6.69. The molecule has 176 valence electrons. The van der Waals surface area contributed by atoms with Gasteiger partial charge < -0.3 is 5.11 Å². The number of halogens is 2. The van der Waals surface area contributed by atoms with E-state index in [9.17, 15) is 15.3 Å². The van der Waals surface area contributed by atoms with E-state index in [2.05, 4.69) is 0 Å². The Bertz CT molecular complexity index is 1410. The van der Waals surface area contributed by atoms with Crippen LogP contribution in [0, 0.1) is 12.3 Å². The number of aliphatic hydroxyl groups is 1.